The number of hydrogen-bond donors (Lipinski definition) is 1. The zero-order valence-corrected chi connectivity index (χ0v) is 7.92. The lowest BCUT2D eigenvalue weighted by Gasteiger charge is -2.10. The molecular formula is C9H18N2O. The van der Waals surface area contributed by atoms with Crippen LogP contribution in [0.15, 0.2) is 12.2 Å². The van der Waals surface area contributed by atoms with Crippen molar-refractivity contribution in [3.8, 4) is 0 Å². The fourth-order valence-corrected chi connectivity index (χ4v) is 0.870. The number of allylic oxidation sites excluding steroid dienone is 1. The second-order valence-electron chi connectivity index (χ2n) is 2.92. The van der Waals surface area contributed by atoms with Crippen LogP contribution < -0.4 is 5.73 Å². The number of rotatable bonds is 6. The Morgan fingerprint density at radius 3 is 2.67 bits per heavy atom. The highest BCUT2D eigenvalue weighted by atomic mass is 16.1. The molecule has 2 N–H and O–H groups in total. The first-order chi connectivity index (χ1) is 5.66. The Morgan fingerprint density at radius 1 is 1.50 bits per heavy atom. The number of nitrogens with two attached hydrogens (primary N) is 1. The van der Waals surface area contributed by atoms with Crippen molar-refractivity contribution in [1.29, 1.82) is 0 Å². The molecule has 0 bridgehead atoms. The number of carbonyl (C=O) groups excluding carboxylic acids is 1. The number of hydrogen-bond acceptors (Lipinski definition) is 2. The van der Waals surface area contributed by atoms with Crippen molar-refractivity contribution in [2.24, 2.45) is 5.73 Å². The maximum atomic E-state index is 10.5. The Labute approximate surface area is 74.2 Å². The molecule has 0 unspecified atom stereocenters. The summed E-state index contributed by atoms with van der Waals surface area (Å²) in [5.74, 6) is -0.276. The summed E-state index contributed by atoms with van der Waals surface area (Å²) in [6.07, 6.45) is 6.45. The molecule has 0 aromatic carbocycles. The summed E-state index contributed by atoms with van der Waals surface area (Å²) >= 11 is 0. The van der Waals surface area contributed by atoms with Gasteiger partial charge in [-0.3, -0.25) is 9.69 Å². The minimum atomic E-state index is -0.276. The van der Waals surface area contributed by atoms with Gasteiger partial charge < -0.3 is 5.73 Å². The van der Waals surface area contributed by atoms with Crippen LogP contribution in [0.4, 0.5) is 0 Å². The summed E-state index contributed by atoms with van der Waals surface area (Å²) in [5.41, 5.74) is 5.02. The quantitative estimate of drug-likeness (QED) is 0.598. The fourth-order valence-electron chi connectivity index (χ4n) is 0.870. The van der Waals surface area contributed by atoms with E-state index in [0.29, 0.717) is 6.54 Å². The molecule has 0 rings (SSSR count). The van der Waals surface area contributed by atoms with Crippen molar-refractivity contribution >= 4 is 5.91 Å². The Balaban J connectivity index is 3.42. The topological polar surface area (TPSA) is 46.3 Å². The monoisotopic (exact) mass is 170 g/mol. The maximum Gasteiger partial charge on any atom is 0.231 e. The molecule has 0 radical (unpaired) electrons. The molecule has 0 aliphatic carbocycles. The van der Waals surface area contributed by atoms with E-state index in [0.717, 1.165) is 19.4 Å². The molecule has 3 nitrogen and oxygen atoms in total. The molecule has 12 heavy (non-hydrogen) atoms. The standard InChI is InChI=1S/C9H18N2O/c1-3-4-5-6-7-11(2)8-9(10)12/h5-6H,3-4,7-8H2,1-2H3,(H2,10,12)/b6-5+. The molecule has 0 aliphatic heterocycles. The van der Waals surface area contributed by atoms with Crippen molar-refractivity contribution < 1.29 is 4.79 Å². The first kappa shape index (κ1) is 11.2. The SMILES string of the molecule is CCC/C=C/CN(C)CC(N)=O. The van der Waals surface area contributed by atoms with Gasteiger partial charge in [-0.15, -0.1) is 0 Å². The molecular weight excluding hydrogens is 152 g/mol. The predicted molar refractivity (Wildman–Crippen MR) is 50.7 cm³/mol. The van der Waals surface area contributed by atoms with Crippen molar-refractivity contribution in [3.05, 3.63) is 12.2 Å². The molecule has 0 aliphatic rings. The molecule has 3 heteroatoms. The molecule has 0 aromatic rings. The maximum absolute atomic E-state index is 10.5. The normalized spacial score (nSPS) is 11.2. The van der Waals surface area contributed by atoms with E-state index in [9.17, 15) is 4.79 Å². The van der Waals surface area contributed by atoms with Crippen LogP contribution in [-0.4, -0.2) is 30.9 Å². The van der Waals surface area contributed by atoms with E-state index in [1.54, 1.807) is 0 Å². The predicted octanol–water partition coefficient (Wildman–Crippen LogP) is 0.760. The molecule has 0 fully saturated rings. The Hall–Kier alpha value is -0.830. The number of amides is 1. The zero-order valence-electron chi connectivity index (χ0n) is 7.92. The Kier molecular flexibility index (Phi) is 6.38. The first-order valence-electron chi connectivity index (χ1n) is 4.28. The van der Waals surface area contributed by atoms with Crippen LogP contribution in [0.2, 0.25) is 0 Å². The molecule has 0 saturated heterocycles. The summed E-state index contributed by atoms with van der Waals surface area (Å²) < 4.78 is 0. The van der Waals surface area contributed by atoms with Gasteiger partial charge in [-0.05, 0) is 13.5 Å². The molecule has 0 aromatic heterocycles. The van der Waals surface area contributed by atoms with Crippen molar-refractivity contribution in [2.75, 3.05) is 20.1 Å². The van der Waals surface area contributed by atoms with E-state index in [1.165, 1.54) is 0 Å². The van der Waals surface area contributed by atoms with Gasteiger partial charge >= 0.3 is 0 Å². The van der Waals surface area contributed by atoms with E-state index >= 15 is 0 Å². The van der Waals surface area contributed by atoms with Gasteiger partial charge in [-0.25, -0.2) is 0 Å². The van der Waals surface area contributed by atoms with Crippen LogP contribution in [0, 0.1) is 0 Å². The lowest BCUT2D eigenvalue weighted by atomic mass is 10.3. The third-order valence-corrected chi connectivity index (χ3v) is 1.46. The number of unbranched alkanes of at least 4 members (excludes halogenated alkanes) is 1. The molecule has 70 valence electrons. The number of carbonyl (C=O) groups is 1. The minimum Gasteiger partial charge on any atom is -0.369 e. The Bertz CT molecular complexity index is 155. The van der Waals surface area contributed by atoms with Gasteiger partial charge in [0.15, 0.2) is 0 Å². The summed E-state index contributed by atoms with van der Waals surface area (Å²) in [5, 5.41) is 0. The fraction of sp³-hybridized carbons (Fsp3) is 0.667. The molecule has 0 atom stereocenters. The van der Waals surface area contributed by atoms with Crippen LogP contribution in [-0.2, 0) is 4.79 Å². The summed E-state index contributed by atoms with van der Waals surface area (Å²) in [4.78, 5) is 12.3. The van der Waals surface area contributed by atoms with Crippen LogP contribution >= 0.6 is 0 Å². The van der Waals surface area contributed by atoms with Gasteiger partial charge in [-0.1, -0.05) is 25.5 Å². The van der Waals surface area contributed by atoms with Crippen LogP contribution in [0.3, 0.4) is 0 Å². The van der Waals surface area contributed by atoms with E-state index in [4.69, 9.17) is 5.73 Å². The smallest absolute Gasteiger partial charge is 0.231 e. The lowest BCUT2D eigenvalue weighted by molar-refractivity contribution is -0.118. The highest BCUT2D eigenvalue weighted by molar-refractivity contribution is 5.75. The minimum absolute atomic E-state index is 0.276. The summed E-state index contributed by atoms with van der Waals surface area (Å²) in [7, 11) is 1.88. The van der Waals surface area contributed by atoms with Gasteiger partial charge in [0.1, 0.15) is 0 Å². The molecule has 0 heterocycles. The van der Waals surface area contributed by atoms with Crippen molar-refractivity contribution in [3.63, 3.8) is 0 Å². The third kappa shape index (κ3) is 7.28. The summed E-state index contributed by atoms with van der Waals surface area (Å²) in [6, 6.07) is 0. The van der Waals surface area contributed by atoms with E-state index in [1.807, 2.05) is 11.9 Å². The van der Waals surface area contributed by atoms with Crippen LogP contribution in [0.5, 0.6) is 0 Å². The number of primary amides is 1. The Morgan fingerprint density at radius 2 is 2.17 bits per heavy atom. The first-order valence-corrected chi connectivity index (χ1v) is 4.28. The second kappa shape index (κ2) is 6.85. The highest BCUT2D eigenvalue weighted by Gasteiger charge is 1.98. The highest BCUT2D eigenvalue weighted by Crippen LogP contribution is 1.89. The van der Waals surface area contributed by atoms with Gasteiger partial charge in [-0.2, -0.15) is 0 Å². The van der Waals surface area contributed by atoms with Crippen molar-refractivity contribution in [1.82, 2.24) is 4.90 Å². The van der Waals surface area contributed by atoms with Crippen LogP contribution in [0.25, 0.3) is 0 Å². The van der Waals surface area contributed by atoms with E-state index in [2.05, 4.69) is 19.1 Å². The second-order valence-corrected chi connectivity index (χ2v) is 2.92. The van der Waals surface area contributed by atoms with Gasteiger partial charge in [0, 0.05) is 6.54 Å². The summed E-state index contributed by atoms with van der Waals surface area (Å²) in [6.45, 7) is 3.26. The average molecular weight is 170 g/mol. The van der Waals surface area contributed by atoms with Gasteiger partial charge in [0.05, 0.1) is 6.54 Å². The van der Waals surface area contributed by atoms with Crippen molar-refractivity contribution in [2.45, 2.75) is 19.8 Å². The number of nitrogens with zero attached hydrogens (tertiary/aromatic N) is 1. The lowest BCUT2D eigenvalue weighted by Crippen LogP contribution is -2.30. The van der Waals surface area contributed by atoms with E-state index < -0.39 is 0 Å². The molecule has 1 amide bonds. The zero-order chi connectivity index (χ0) is 9.40. The van der Waals surface area contributed by atoms with E-state index in [-0.39, 0.29) is 5.91 Å². The van der Waals surface area contributed by atoms with Gasteiger partial charge in [0.25, 0.3) is 0 Å². The number of likely N-dealkylation sites (N-methyl/N-ethyl adjacent to an activating group) is 1. The largest absolute Gasteiger partial charge is 0.369 e. The van der Waals surface area contributed by atoms with Gasteiger partial charge in [0.2, 0.25) is 5.91 Å². The average Bonchev–Trinajstić information content (AvgIpc) is 1.97. The third-order valence-electron chi connectivity index (χ3n) is 1.46. The van der Waals surface area contributed by atoms with Crippen LogP contribution in [0.1, 0.15) is 19.8 Å². The molecule has 0 saturated carbocycles. The molecule has 0 spiro atoms.